The van der Waals surface area contributed by atoms with Crippen molar-refractivity contribution in [1.29, 1.82) is 0 Å². The SMILES string of the molecule is CCCc1cn([C@H]2C[C@@H](OP(=O)(S)OC[C@H]3O[C@@H](n4cnc5c(N)ncnc54)C[C@H]3O)[C@@H](CO)O2)c(=O)[nH]c1=O. The van der Waals surface area contributed by atoms with E-state index in [9.17, 15) is 24.4 Å². The van der Waals surface area contributed by atoms with E-state index in [1.54, 1.807) is 4.57 Å². The van der Waals surface area contributed by atoms with Crippen molar-refractivity contribution in [2.75, 3.05) is 18.9 Å². The Kier molecular flexibility index (Phi) is 8.45. The van der Waals surface area contributed by atoms with Crippen molar-refractivity contribution in [2.45, 2.75) is 69.5 Å². The Bertz CT molecular complexity index is 1530. The molecule has 3 aromatic heterocycles. The second-order valence-corrected chi connectivity index (χ2v) is 12.4. The van der Waals surface area contributed by atoms with Crippen LogP contribution in [0.1, 0.15) is 44.2 Å². The van der Waals surface area contributed by atoms with Crippen LogP contribution in [0.3, 0.4) is 0 Å². The molecular weight excluding hydrogens is 569 g/mol. The van der Waals surface area contributed by atoms with Crippen LogP contribution in [0.2, 0.25) is 0 Å². The fraction of sp³-hybridized carbons (Fsp3) is 0.591. The van der Waals surface area contributed by atoms with Crippen LogP contribution >= 0.6 is 19.0 Å². The van der Waals surface area contributed by atoms with Gasteiger partial charge in [-0.05, 0) is 6.42 Å². The summed E-state index contributed by atoms with van der Waals surface area (Å²) in [7, 11) is 0. The summed E-state index contributed by atoms with van der Waals surface area (Å²) in [4.78, 5) is 39.0. The third kappa shape index (κ3) is 5.87. The molecular formula is C22H30N7O9PS. The number of aryl methyl sites for hydroxylation is 1. The van der Waals surface area contributed by atoms with Gasteiger partial charge in [-0.25, -0.2) is 24.3 Å². The summed E-state index contributed by atoms with van der Waals surface area (Å²) in [5.74, 6) is 0.210. The topological polar surface area (TPSA) is 219 Å². The van der Waals surface area contributed by atoms with Crippen molar-refractivity contribution < 1.29 is 33.3 Å². The maximum Gasteiger partial charge on any atom is 0.386 e. The lowest BCUT2D eigenvalue weighted by Gasteiger charge is -2.22. The van der Waals surface area contributed by atoms with Crippen LogP contribution in [0.25, 0.3) is 11.2 Å². The van der Waals surface area contributed by atoms with E-state index in [1.165, 1.54) is 23.4 Å². The molecule has 5 rings (SSSR count). The van der Waals surface area contributed by atoms with E-state index in [0.717, 1.165) is 0 Å². The van der Waals surface area contributed by atoms with Gasteiger partial charge in [-0.15, -0.1) is 0 Å². The predicted molar refractivity (Wildman–Crippen MR) is 143 cm³/mol. The minimum atomic E-state index is -4.04. The minimum Gasteiger partial charge on any atom is -0.394 e. The maximum atomic E-state index is 13.1. The van der Waals surface area contributed by atoms with Gasteiger partial charge in [-0.1, -0.05) is 25.6 Å². The molecule has 218 valence electrons. The zero-order valence-corrected chi connectivity index (χ0v) is 23.2. The number of fused-ring (bicyclic) bond motifs is 1. The number of thiol groups is 1. The third-order valence-corrected chi connectivity index (χ3v) is 8.45. The number of aromatic amines is 1. The second-order valence-electron chi connectivity index (χ2n) is 9.54. The Morgan fingerprint density at radius 2 is 1.95 bits per heavy atom. The van der Waals surface area contributed by atoms with E-state index in [4.69, 9.17) is 24.3 Å². The molecule has 0 saturated carbocycles. The number of aromatic nitrogens is 6. The van der Waals surface area contributed by atoms with Gasteiger partial charge >= 0.3 is 12.5 Å². The Morgan fingerprint density at radius 1 is 1.20 bits per heavy atom. The van der Waals surface area contributed by atoms with Crippen LogP contribution in [0, 0.1) is 0 Å². The average Bonchev–Trinajstić information content (AvgIpc) is 3.61. The number of hydrogen-bond acceptors (Lipinski definition) is 13. The molecule has 2 aliphatic rings. The standard InChI is InChI=1S/C22H30N7O9PS/c1-2-3-11-6-28(22(33)27-21(11)32)17-5-13(14(7-30)36-17)38-39(34,40)35-8-15-12(31)4-16(37-15)29-10-26-18-19(23)24-9-25-20(18)29/h6,9-10,12-17,30-31H,2-5,7-8H2,1H3,(H,34,40)(H2,23,24,25)(H,27,32,33)/t12-,13-,14-,15-,16-,17-,39?/m1/s1. The first kappa shape index (κ1) is 28.9. The number of nitrogens with zero attached hydrogens (tertiary/aromatic N) is 5. The van der Waals surface area contributed by atoms with Gasteiger partial charge in [-0.3, -0.25) is 28.0 Å². The van der Waals surface area contributed by atoms with E-state index < -0.39 is 61.5 Å². The number of aliphatic hydroxyl groups is 2. The molecule has 18 heteroatoms. The number of rotatable bonds is 10. The van der Waals surface area contributed by atoms with Crippen LogP contribution in [0.4, 0.5) is 5.82 Å². The normalized spacial score (nSPS) is 28.3. The number of H-pyrrole nitrogens is 1. The van der Waals surface area contributed by atoms with E-state index in [0.29, 0.717) is 29.6 Å². The summed E-state index contributed by atoms with van der Waals surface area (Å²) in [5, 5.41) is 20.4. The molecule has 0 aromatic carbocycles. The first-order chi connectivity index (χ1) is 19.1. The smallest absolute Gasteiger partial charge is 0.386 e. The van der Waals surface area contributed by atoms with Crippen LogP contribution in [-0.4, -0.2) is 76.9 Å². The zero-order chi connectivity index (χ0) is 28.6. The summed E-state index contributed by atoms with van der Waals surface area (Å²) in [5.41, 5.74) is 5.92. The molecule has 0 amide bonds. The van der Waals surface area contributed by atoms with E-state index in [2.05, 4.69) is 32.2 Å². The minimum absolute atomic E-state index is 0.0277. The number of nitrogen functional groups attached to an aromatic ring is 1. The fourth-order valence-corrected chi connectivity index (χ4v) is 6.34. The van der Waals surface area contributed by atoms with Crippen molar-refractivity contribution in [3.05, 3.63) is 45.3 Å². The predicted octanol–water partition coefficient (Wildman–Crippen LogP) is 0.279. The number of hydrogen-bond donors (Lipinski definition) is 5. The largest absolute Gasteiger partial charge is 0.394 e. The maximum absolute atomic E-state index is 13.1. The van der Waals surface area contributed by atoms with Crippen molar-refractivity contribution in [3.8, 4) is 0 Å². The highest BCUT2D eigenvalue weighted by Gasteiger charge is 2.42. The van der Waals surface area contributed by atoms with Crippen molar-refractivity contribution in [3.63, 3.8) is 0 Å². The van der Waals surface area contributed by atoms with Gasteiger partial charge in [-0.2, -0.15) is 0 Å². The number of anilines is 1. The molecule has 2 aliphatic heterocycles. The van der Waals surface area contributed by atoms with E-state index >= 15 is 0 Å². The molecule has 2 fully saturated rings. The molecule has 5 N–H and O–H groups in total. The number of nitrogens with two attached hydrogens (primary N) is 1. The second kappa shape index (κ2) is 11.7. The summed E-state index contributed by atoms with van der Waals surface area (Å²) < 4.78 is 38.6. The number of ether oxygens (including phenoxy) is 2. The average molecular weight is 600 g/mol. The van der Waals surface area contributed by atoms with Gasteiger partial charge in [0.2, 0.25) is 0 Å². The quantitative estimate of drug-likeness (QED) is 0.156. The van der Waals surface area contributed by atoms with Gasteiger partial charge < -0.3 is 25.4 Å². The highest BCUT2D eigenvalue weighted by molar-refractivity contribution is 8.44. The van der Waals surface area contributed by atoms with Gasteiger partial charge in [0.1, 0.15) is 42.6 Å². The Hall–Kier alpha value is -2.63. The van der Waals surface area contributed by atoms with Crippen molar-refractivity contribution in [2.24, 2.45) is 0 Å². The molecule has 40 heavy (non-hydrogen) atoms. The van der Waals surface area contributed by atoms with Gasteiger partial charge in [0.15, 0.2) is 11.5 Å². The van der Waals surface area contributed by atoms with Crippen molar-refractivity contribution >= 4 is 36.0 Å². The highest BCUT2D eigenvalue weighted by atomic mass is 32.7. The third-order valence-electron chi connectivity index (χ3n) is 6.80. The van der Waals surface area contributed by atoms with Crippen LogP contribution in [0.15, 0.2) is 28.4 Å². The lowest BCUT2D eigenvalue weighted by molar-refractivity contribution is -0.0498. The monoisotopic (exact) mass is 599 g/mol. The summed E-state index contributed by atoms with van der Waals surface area (Å²) >= 11 is 4.05. The van der Waals surface area contributed by atoms with Gasteiger partial charge in [0, 0.05) is 24.6 Å². The number of nitrogens with one attached hydrogen (secondary N) is 1. The van der Waals surface area contributed by atoms with Gasteiger partial charge in [0.05, 0.1) is 25.6 Å². The molecule has 3 aromatic rings. The molecule has 0 bridgehead atoms. The molecule has 16 nitrogen and oxygen atoms in total. The molecule has 0 aliphatic carbocycles. The first-order valence-corrected chi connectivity index (χ1v) is 15.3. The molecule has 5 heterocycles. The molecule has 0 spiro atoms. The van der Waals surface area contributed by atoms with E-state index in [-0.39, 0.29) is 25.3 Å². The molecule has 7 atom stereocenters. The molecule has 0 radical (unpaired) electrons. The summed E-state index contributed by atoms with van der Waals surface area (Å²) in [6, 6.07) is 0. The van der Waals surface area contributed by atoms with E-state index in [1.807, 2.05) is 6.92 Å². The lowest BCUT2D eigenvalue weighted by atomic mass is 10.2. The van der Waals surface area contributed by atoms with Crippen LogP contribution in [-0.2, 0) is 29.5 Å². The number of aliphatic hydroxyl groups excluding tert-OH is 2. The number of imidazole rings is 1. The Labute approximate surface area is 232 Å². The highest BCUT2D eigenvalue weighted by Crippen LogP contribution is 2.56. The van der Waals surface area contributed by atoms with Crippen LogP contribution < -0.4 is 17.0 Å². The first-order valence-electron chi connectivity index (χ1n) is 12.6. The Balaban J connectivity index is 1.22. The van der Waals surface area contributed by atoms with Crippen LogP contribution in [0.5, 0.6) is 0 Å². The fourth-order valence-electron chi connectivity index (χ4n) is 4.82. The van der Waals surface area contributed by atoms with Crippen molar-refractivity contribution in [1.82, 2.24) is 29.1 Å². The molecule has 2 saturated heterocycles. The lowest BCUT2D eigenvalue weighted by Crippen LogP contribution is -2.34. The summed E-state index contributed by atoms with van der Waals surface area (Å²) in [6.07, 6.45) is 0.298. The summed E-state index contributed by atoms with van der Waals surface area (Å²) in [6.45, 7) is -2.95. The molecule has 1 unspecified atom stereocenters. The zero-order valence-electron chi connectivity index (χ0n) is 21.4. The Morgan fingerprint density at radius 3 is 2.70 bits per heavy atom. The van der Waals surface area contributed by atoms with Gasteiger partial charge in [0.25, 0.3) is 5.56 Å².